The van der Waals surface area contributed by atoms with Crippen LogP contribution in [0.2, 0.25) is 0 Å². The van der Waals surface area contributed by atoms with E-state index in [4.69, 9.17) is 29.0 Å². The second kappa shape index (κ2) is 16.3. The summed E-state index contributed by atoms with van der Waals surface area (Å²) in [6.07, 6.45) is 3.78. The summed E-state index contributed by atoms with van der Waals surface area (Å²) in [5.41, 5.74) is -2.22. The SMILES string of the molecule is CC[C@@H]1C[C@]1(NC(=O)[C@@H]1C[C@@H](Oc2cc(-n3ccc(NC(C)C)n3)nc3c(C)c(OCCOC)ccc23)CN1C(=O)[C@](C)(NC(=O)O[C@@H]1C[C@@H]2CC2(C)C1)C(C)(C)C)C(=O)O. The van der Waals surface area contributed by atoms with E-state index < -0.39 is 52.5 Å². The number of fused-ring (bicyclic) bond motifs is 2. The van der Waals surface area contributed by atoms with E-state index in [2.05, 4.69) is 22.9 Å². The number of nitrogens with one attached hydrogen (secondary N) is 3. The number of nitrogens with zero attached hydrogens (tertiary/aromatic N) is 4. The molecule has 8 atom stereocenters. The molecule has 1 aromatic carbocycles. The quantitative estimate of drug-likeness (QED) is 0.123. The Kier molecular flexibility index (Phi) is 11.7. The maximum Gasteiger partial charge on any atom is 0.408 e. The number of rotatable bonds is 16. The van der Waals surface area contributed by atoms with E-state index in [0.717, 1.165) is 24.8 Å². The molecule has 332 valence electrons. The number of amides is 3. The van der Waals surface area contributed by atoms with Gasteiger partial charge in [-0.2, -0.15) is 0 Å². The van der Waals surface area contributed by atoms with Crippen LogP contribution in [0.25, 0.3) is 16.7 Å². The third-order valence-corrected chi connectivity index (χ3v) is 13.7. The number of alkyl carbamates (subject to hydrolysis) is 1. The topological polar surface area (TPSA) is 195 Å². The number of benzene rings is 1. The van der Waals surface area contributed by atoms with Gasteiger partial charge >= 0.3 is 12.1 Å². The molecule has 0 spiro atoms. The number of carbonyl (C=O) groups excluding carboxylic acids is 3. The van der Waals surface area contributed by atoms with E-state index in [1.807, 2.05) is 66.7 Å². The molecule has 1 unspecified atom stereocenters. The molecule has 61 heavy (non-hydrogen) atoms. The summed E-state index contributed by atoms with van der Waals surface area (Å²) < 4.78 is 25.6. The molecule has 1 saturated heterocycles. The number of carboxylic acids is 1. The van der Waals surface area contributed by atoms with Gasteiger partial charge in [0.25, 0.3) is 0 Å². The van der Waals surface area contributed by atoms with Crippen LogP contribution >= 0.6 is 0 Å². The molecule has 0 radical (unpaired) electrons. The van der Waals surface area contributed by atoms with Crippen LogP contribution in [-0.4, -0.2) is 111 Å². The lowest BCUT2D eigenvalue weighted by Crippen LogP contribution is -2.66. The van der Waals surface area contributed by atoms with Gasteiger partial charge < -0.3 is 44.9 Å². The van der Waals surface area contributed by atoms with Crippen LogP contribution in [0, 0.1) is 29.6 Å². The second-order valence-electron chi connectivity index (χ2n) is 19.4. The molecular weight excluding hydrogens is 783 g/mol. The van der Waals surface area contributed by atoms with Gasteiger partial charge in [0.2, 0.25) is 11.8 Å². The largest absolute Gasteiger partial charge is 0.491 e. The molecule has 4 N–H and O–H groups in total. The smallest absolute Gasteiger partial charge is 0.408 e. The molecule has 0 bridgehead atoms. The zero-order valence-corrected chi connectivity index (χ0v) is 37.2. The molecule has 4 aliphatic rings. The Balaban J connectivity index is 1.22. The van der Waals surface area contributed by atoms with Crippen LogP contribution in [0.4, 0.5) is 10.6 Å². The molecule has 1 aliphatic heterocycles. The number of aryl methyl sites for hydroxylation is 1. The Bertz CT molecular complexity index is 2190. The fourth-order valence-electron chi connectivity index (χ4n) is 9.29. The van der Waals surface area contributed by atoms with E-state index in [9.17, 15) is 19.5 Å². The minimum atomic E-state index is -1.53. The van der Waals surface area contributed by atoms with Crippen molar-refractivity contribution < 1.29 is 43.2 Å². The monoisotopic (exact) mass is 845 g/mol. The maximum absolute atomic E-state index is 15.1. The van der Waals surface area contributed by atoms with Crippen LogP contribution in [0.15, 0.2) is 30.5 Å². The average Bonchev–Trinajstić information content (AvgIpc) is 3.77. The van der Waals surface area contributed by atoms with Gasteiger partial charge in [-0.3, -0.25) is 9.59 Å². The first kappa shape index (κ1) is 44.0. The summed E-state index contributed by atoms with van der Waals surface area (Å²) in [6, 6.07) is 6.38. The predicted molar refractivity (Wildman–Crippen MR) is 228 cm³/mol. The maximum atomic E-state index is 15.1. The number of aromatic nitrogens is 3. The van der Waals surface area contributed by atoms with E-state index in [1.54, 1.807) is 31.0 Å². The molecule has 7 rings (SSSR count). The highest BCUT2D eigenvalue weighted by Gasteiger charge is 2.62. The van der Waals surface area contributed by atoms with Crippen molar-refractivity contribution in [1.82, 2.24) is 30.3 Å². The van der Waals surface area contributed by atoms with Crippen LogP contribution in [0.5, 0.6) is 11.5 Å². The molecule has 3 saturated carbocycles. The third-order valence-electron chi connectivity index (χ3n) is 13.7. The lowest BCUT2D eigenvalue weighted by Gasteiger charge is -2.44. The first-order valence-electron chi connectivity index (χ1n) is 21.6. The zero-order valence-electron chi connectivity index (χ0n) is 37.2. The van der Waals surface area contributed by atoms with Crippen molar-refractivity contribution in [3.63, 3.8) is 0 Å². The highest BCUT2D eigenvalue weighted by Crippen LogP contribution is 2.63. The van der Waals surface area contributed by atoms with Crippen molar-refractivity contribution >= 4 is 40.6 Å². The number of carbonyl (C=O) groups is 4. The number of hydrogen-bond donors (Lipinski definition) is 4. The Labute approximate surface area is 357 Å². The number of ether oxygens (including phenoxy) is 4. The fraction of sp³-hybridized carbons (Fsp3) is 0.644. The van der Waals surface area contributed by atoms with E-state index in [0.29, 0.717) is 66.0 Å². The van der Waals surface area contributed by atoms with E-state index in [-0.39, 0.29) is 36.4 Å². The fourth-order valence-corrected chi connectivity index (χ4v) is 9.29. The molecule has 16 heteroatoms. The number of pyridine rings is 1. The molecule has 2 aromatic heterocycles. The number of hydrogen-bond acceptors (Lipinski definition) is 11. The highest BCUT2D eigenvalue weighted by molar-refractivity contribution is 5.97. The zero-order chi connectivity index (χ0) is 44.2. The van der Waals surface area contributed by atoms with Crippen molar-refractivity contribution in [3.05, 3.63) is 36.0 Å². The number of likely N-dealkylation sites (tertiary alicyclic amines) is 1. The summed E-state index contributed by atoms with van der Waals surface area (Å²) in [4.78, 5) is 62.1. The Morgan fingerprint density at radius 1 is 1.02 bits per heavy atom. The summed E-state index contributed by atoms with van der Waals surface area (Å²) in [7, 11) is 1.61. The molecule has 3 aliphatic carbocycles. The number of anilines is 1. The van der Waals surface area contributed by atoms with Gasteiger partial charge in [-0.25, -0.2) is 19.3 Å². The first-order valence-corrected chi connectivity index (χ1v) is 21.6. The van der Waals surface area contributed by atoms with Crippen LogP contribution < -0.4 is 25.4 Å². The number of carboxylic acid groups (broad SMARTS) is 1. The van der Waals surface area contributed by atoms with Gasteiger partial charge in [-0.1, -0.05) is 41.0 Å². The minimum Gasteiger partial charge on any atom is -0.491 e. The van der Waals surface area contributed by atoms with Gasteiger partial charge in [0.1, 0.15) is 53.3 Å². The van der Waals surface area contributed by atoms with Crippen LogP contribution in [0.3, 0.4) is 0 Å². The van der Waals surface area contributed by atoms with Crippen molar-refractivity contribution in [2.45, 2.75) is 136 Å². The van der Waals surface area contributed by atoms with Crippen molar-refractivity contribution in [1.29, 1.82) is 0 Å². The predicted octanol–water partition coefficient (Wildman–Crippen LogP) is 6.01. The number of methoxy groups -OCH3 is 1. The summed E-state index contributed by atoms with van der Waals surface area (Å²) in [5, 5.41) is 24.7. The lowest BCUT2D eigenvalue weighted by atomic mass is 9.73. The summed E-state index contributed by atoms with van der Waals surface area (Å²) in [6.45, 7) is 18.0. The standard InChI is InChI=1S/C45H63N7O9/c1-11-27-22-45(27,40(55)56)48-38(53)32-19-30(24-51(32)39(54)44(9,42(5,6)7)49-41(57)61-29-18-28-21-43(28,8)23-29)60-34-20-36(52-15-14-35(50-52)46-25(2)3)47-37-26(4)33(13-12-31(34)37)59-17-16-58-10/h12-15,20,25,27-30,32H,11,16-19,21-24H2,1-10H3,(H,46,50)(H,48,53)(H,49,57)(H,55,56)/t27-,28-,29-,30-,32+,43?,44+,45-/m1/s1. The van der Waals surface area contributed by atoms with Crippen LogP contribution in [0.1, 0.15) is 99.5 Å². The summed E-state index contributed by atoms with van der Waals surface area (Å²) >= 11 is 0. The average molecular weight is 846 g/mol. The molecule has 3 amide bonds. The van der Waals surface area contributed by atoms with Crippen LogP contribution in [-0.2, 0) is 23.9 Å². The van der Waals surface area contributed by atoms with Crippen molar-refractivity contribution in [3.8, 4) is 17.3 Å². The van der Waals surface area contributed by atoms with Gasteiger partial charge in [0.15, 0.2) is 5.82 Å². The Hall–Kier alpha value is -5.12. The normalized spacial score (nSPS) is 27.6. The molecule has 4 fully saturated rings. The van der Waals surface area contributed by atoms with Crippen molar-refractivity contribution in [2.75, 3.05) is 32.2 Å². The lowest BCUT2D eigenvalue weighted by molar-refractivity contribution is -0.149. The van der Waals surface area contributed by atoms with E-state index >= 15 is 4.79 Å². The molecule has 3 heterocycles. The number of aliphatic carboxylic acids is 1. The van der Waals surface area contributed by atoms with Crippen molar-refractivity contribution in [2.24, 2.45) is 22.7 Å². The third kappa shape index (κ3) is 8.56. The summed E-state index contributed by atoms with van der Waals surface area (Å²) in [5.74, 6) is 0.301. The minimum absolute atomic E-state index is 0.0280. The van der Waals surface area contributed by atoms with Gasteiger partial charge in [0.05, 0.1) is 18.7 Å². The Morgan fingerprint density at radius 3 is 2.39 bits per heavy atom. The Morgan fingerprint density at radius 2 is 1.77 bits per heavy atom. The highest BCUT2D eigenvalue weighted by atomic mass is 16.6. The molecular formula is C45H63N7O9. The second-order valence-corrected chi connectivity index (χ2v) is 19.4. The molecule has 3 aromatic rings. The molecule has 16 nitrogen and oxygen atoms in total. The van der Waals surface area contributed by atoms with E-state index in [1.165, 1.54) is 4.90 Å². The van der Waals surface area contributed by atoms with Gasteiger partial charge in [0, 0.05) is 48.9 Å². The van der Waals surface area contributed by atoms with Gasteiger partial charge in [-0.15, -0.1) is 5.10 Å². The first-order chi connectivity index (χ1) is 28.7. The van der Waals surface area contributed by atoms with Gasteiger partial charge in [-0.05, 0) is 88.2 Å².